The molecule has 3 aromatic heterocycles. The second-order valence-electron chi connectivity index (χ2n) is 6.96. The van der Waals surface area contributed by atoms with Gasteiger partial charge < -0.3 is 9.88 Å². The Kier molecular flexibility index (Phi) is 4.01. The van der Waals surface area contributed by atoms with Crippen molar-refractivity contribution in [3.63, 3.8) is 0 Å². The Hall–Kier alpha value is -3.74. The number of carbonyl (C=O) groups excluding carboxylic acids is 1. The molecule has 0 aliphatic carbocycles. The van der Waals surface area contributed by atoms with E-state index in [-0.39, 0.29) is 11.7 Å². The summed E-state index contributed by atoms with van der Waals surface area (Å²) in [5.41, 5.74) is 4.02. The lowest BCUT2D eigenvalue weighted by Crippen LogP contribution is -2.37. The van der Waals surface area contributed by atoms with Crippen LogP contribution in [0.4, 0.5) is 4.39 Å². The summed E-state index contributed by atoms with van der Waals surface area (Å²) < 4.78 is 17.2. The summed E-state index contributed by atoms with van der Waals surface area (Å²) in [5, 5.41) is 5.56. The lowest BCUT2D eigenvalue weighted by molar-refractivity contribution is -0.127. The highest BCUT2D eigenvalue weighted by atomic mass is 19.1. The molecular formula is C22H18FN5O. The third kappa shape index (κ3) is 2.74. The summed E-state index contributed by atoms with van der Waals surface area (Å²) in [6, 6.07) is 9.23. The van der Waals surface area contributed by atoms with E-state index >= 15 is 4.39 Å². The van der Waals surface area contributed by atoms with E-state index in [0.717, 1.165) is 22.2 Å². The number of aromatic nitrogens is 4. The van der Waals surface area contributed by atoms with Gasteiger partial charge in [-0.1, -0.05) is 12.6 Å². The zero-order chi connectivity index (χ0) is 20.0. The van der Waals surface area contributed by atoms with Crippen LogP contribution in [0, 0.1) is 5.82 Å². The van der Waals surface area contributed by atoms with Gasteiger partial charge in [-0.15, -0.1) is 0 Å². The first kappa shape index (κ1) is 17.4. The third-order valence-corrected chi connectivity index (χ3v) is 5.36. The Morgan fingerprint density at radius 3 is 2.79 bits per heavy atom. The number of aromatic amines is 1. The quantitative estimate of drug-likeness (QED) is 0.544. The van der Waals surface area contributed by atoms with Crippen LogP contribution in [0.5, 0.6) is 0 Å². The fraction of sp³-hybridized carbons (Fsp3) is 0.136. The van der Waals surface area contributed by atoms with Gasteiger partial charge >= 0.3 is 0 Å². The van der Waals surface area contributed by atoms with Gasteiger partial charge in [0, 0.05) is 41.6 Å². The van der Waals surface area contributed by atoms with Crippen molar-refractivity contribution in [2.24, 2.45) is 0 Å². The molecule has 4 aromatic rings. The van der Waals surface area contributed by atoms with Crippen molar-refractivity contribution in [1.82, 2.24) is 24.6 Å². The number of rotatable bonds is 3. The van der Waals surface area contributed by atoms with E-state index in [4.69, 9.17) is 5.10 Å². The van der Waals surface area contributed by atoms with E-state index in [1.165, 1.54) is 6.08 Å². The lowest BCUT2D eigenvalue weighted by atomic mass is 9.98. The summed E-state index contributed by atoms with van der Waals surface area (Å²) in [7, 11) is 0. The van der Waals surface area contributed by atoms with E-state index < -0.39 is 0 Å². The fourth-order valence-electron chi connectivity index (χ4n) is 3.92. The van der Waals surface area contributed by atoms with Gasteiger partial charge in [-0.25, -0.2) is 4.39 Å². The van der Waals surface area contributed by atoms with Crippen molar-refractivity contribution in [2.45, 2.75) is 13.1 Å². The van der Waals surface area contributed by atoms with Gasteiger partial charge in [0.25, 0.3) is 0 Å². The predicted molar refractivity (Wildman–Crippen MR) is 108 cm³/mol. The highest BCUT2D eigenvalue weighted by molar-refractivity contribution is 5.91. The Morgan fingerprint density at radius 1 is 1.17 bits per heavy atom. The SMILES string of the molecule is C=CC(=O)N1CCn2nc(-c3ccc4cc[nH]c4c3F)c(-c3ccncc3)c2C1. The maximum absolute atomic E-state index is 15.3. The van der Waals surface area contributed by atoms with Crippen LogP contribution in [0.3, 0.4) is 0 Å². The number of hydrogen-bond donors (Lipinski definition) is 1. The maximum atomic E-state index is 15.3. The van der Waals surface area contributed by atoms with Gasteiger partial charge in [0.15, 0.2) is 5.82 Å². The number of carbonyl (C=O) groups is 1. The first-order chi connectivity index (χ1) is 14.2. The molecule has 7 heteroatoms. The monoisotopic (exact) mass is 387 g/mol. The molecule has 0 unspecified atom stereocenters. The topological polar surface area (TPSA) is 66.8 Å². The van der Waals surface area contributed by atoms with Gasteiger partial charge in [0.1, 0.15) is 5.69 Å². The molecule has 0 radical (unpaired) electrons. The zero-order valence-corrected chi connectivity index (χ0v) is 15.6. The third-order valence-electron chi connectivity index (χ3n) is 5.36. The van der Waals surface area contributed by atoms with E-state index in [1.54, 1.807) is 29.6 Å². The average Bonchev–Trinajstić information content (AvgIpc) is 3.38. The van der Waals surface area contributed by atoms with Crippen LogP contribution in [-0.4, -0.2) is 37.1 Å². The Balaban J connectivity index is 1.74. The first-order valence-electron chi connectivity index (χ1n) is 9.34. The van der Waals surface area contributed by atoms with Crippen LogP contribution >= 0.6 is 0 Å². The molecule has 1 aromatic carbocycles. The minimum Gasteiger partial charge on any atom is -0.359 e. The average molecular weight is 387 g/mol. The van der Waals surface area contributed by atoms with Gasteiger partial charge in [-0.3, -0.25) is 14.5 Å². The van der Waals surface area contributed by atoms with Gasteiger partial charge in [-0.05, 0) is 35.9 Å². The minimum absolute atomic E-state index is 0.126. The molecule has 0 saturated carbocycles. The predicted octanol–water partition coefficient (Wildman–Crippen LogP) is 3.76. The molecule has 1 aliphatic heterocycles. The van der Waals surface area contributed by atoms with Gasteiger partial charge in [-0.2, -0.15) is 5.10 Å². The Bertz CT molecular complexity index is 1240. The number of nitrogens with zero attached hydrogens (tertiary/aromatic N) is 4. The molecule has 0 atom stereocenters. The number of fused-ring (bicyclic) bond motifs is 2. The van der Waals surface area contributed by atoms with E-state index in [1.807, 2.05) is 28.9 Å². The van der Waals surface area contributed by atoms with Crippen LogP contribution < -0.4 is 0 Å². The molecule has 0 spiro atoms. The summed E-state index contributed by atoms with van der Waals surface area (Å²) >= 11 is 0. The van der Waals surface area contributed by atoms with Gasteiger partial charge in [0.05, 0.1) is 24.3 Å². The van der Waals surface area contributed by atoms with Crippen LogP contribution in [0.25, 0.3) is 33.3 Å². The van der Waals surface area contributed by atoms with Crippen LogP contribution in [0.15, 0.2) is 61.6 Å². The first-order valence-corrected chi connectivity index (χ1v) is 9.34. The summed E-state index contributed by atoms with van der Waals surface area (Å²) in [4.78, 5) is 21.0. The molecule has 29 heavy (non-hydrogen) atoms. The number of amides is 1. The molecular weight excluding hydrogens is 369 g/mol. The van der Waals surface area contributed by atoms with E-state index in [9.17, 15) is 4.79 Å². The van der Waals surface area contributed by atoms with Crippen molar-refractivity contribution in [1.29, 1.82) is 0 Å². The maximum Gasteiger partial charge on any atom is 0.246 e. The summed E-state index contributed by atoms with van der Waals surface area (Å²) in [6.45, 7) is 5.05. The zero-order valence-electron chi connectivity index (χ0n) is 15.6. The highest BCUT2D eigenvalue weighted by Gasteiger charge is 2.28. The fourth-order valence-corrected chi connectivity index (χ4v) is 3.92. The van der Waals surface area contributed by atoms with E-state index in [0.29, 0.717) is 36.4 Å². The number of hydrogen-bond acceptors (Lipinski definition) is 3. The second-order valence-corrected chi connectivity index (χ2v) is 6.96. The molecule has 1 N–H and O–H groups in total. The van der Waals surface area contributed by atoms with Crippen molar-refractivity contribution >= 4 is 16.8 Å². The van der Waals surface area contributed by atoms with E-state index in [2.05, 4.69) is 16.5 Å². The number of nitrogens with one attached hydrogen (secondary N) is 1. The largest absolute Gasteiger partial charge is 0.359 e. The molecule has 144 valence electrons. The molecule has 0 saturated heterocycles. The molecule has 5 rings (SSSR count). The lowest BCUT2D eigenvalue weighted by Gasteiger charge is -2.27. The standard InChI is InChI=1S/C22H18FN5O/c1-2-18(29)27-11-12-28-17(13-27)19(14-5-8-24-9-6-14)22(26-28)16-4-3-15-7-10-25-21(15)20(16)23/h2-10,25H,1,11-13H2. The molecule has 0 fully saturated rings. The molecule has 4 heterocycles. The molecule has 0 bridgehead atoms. The van der Waals surface area contributed by atoms with Crippen LogP contribution in [0.2, 0.25) is 0 Å². The number of pyridine rings is 1. The molecule has 1 aliphatic rings. The van der Waals surface area contributed by atoms with Crippen LogP contribution in [-0.2, 0) is 17.9 Å². The van der Waals surface area contributed by atoms with Crippen LogP contribution in [0.1, 0.15) is 5.69 Å². The smallest absolute Gasteiger partial charge is 0.246 e. The summed E-state index contributed by atoms with van der Waals surface area (Å²) in [6.07, 6.45) is 6.43. The molecule has 6 nitrogen and oxygen atoms in total. The normalized spacial score (nSPS) is 13.5. The van der Waals surface area contributed by atoms with Crippen molar-refractivity contribution in [3.05, 3.63) is 73.1 Å². The minimum atomic E-state index is -0.336. The van der Waals surface area contributed by atoms with Crippen molar-refractivity contribution < 1.29 is 9.18 Å². The van der Waals surface area contributed by atoms with Crippen molar-refractivity contribution in [2.75, 3.05) is 6.54 Å². The highest BCUT2D eigenvalue weighted by Crippen LogP contribution is 2.38. The number of benzene rings is 1. The molecule has 1 amide bonds. The Morgan fingerprint density at radius 2 is 2.00 bits per heavy atom. The van der Waals surface area contributed by atoms with Crippen molar-refractivity contribution in [3.8, 4) is 22.4 Å². The Labute approximate surface area is 166 Å². The summed E-state index contributed by atoms with van der Waals surface area (Å²) in [5.74, 6) is -0.462. The van der Waals surface area contributed by atoms with Gasteiger partial charge in [0.2, 0.25) is 5.91 Å². The number of H-pyrrole nitrogens is 1. The number of halogens is 1. The second kappa shape index (κ2) is 6.70.